The second kappa shape index (κ2) is 5.96. The highest BCUT2D eigenvalue weighted by atomic mass is 79.9. The van der Waals surface area contributed by atoms with Gasteiger partial charge in [-0.2, -0.15) is 0 Å². The van der Waals surface area contributed by atoms with Gasteiger partial charge in [-0.25, -0.2) is 0 Å². The van der Waals surface area contributed by atoms with E-state index in [4.69, 9.17) is 23.2 Å². The van der Waals surface area contributed by atoms with Gasteiger partial charge >= 0.3 is 0 Å². The van der Waals surface area contributed by atoms with Gasteiger partial charge in [0.25, 0.3) is 0 Å². The Morgan fingerprint density at radius 1 is 1.00 bits per heavy atom. The largest absolute Gasteiger partial charge is 0.378 e. The van der Waals surface area contributed by atoms with Crippen LogP contribution in [0.25, 0.3) is 0 Å². The van der Waals surface area contributed by atoms with E-state index in [1.54, 1.807) is 0 Å². The van der Waals surface area contributed by atoms with Crippen molar-refractivity contribution < 1.29 is 0 Å². The Labute approximate surface area is 125 Å². The van der Waals surface area contributed by atoms with Gasteiger partial charge in [0.15, 0.2) is 0 Å². The number of hydrogen-bond acceptors (Lipinski definition) is 1. The standard InChI is InChI=1S/C14H12BrCl2N/c1-9(10-5-2-3-6-11(10)16)18-13-8-4-7-12(17)14(13)15/h2-9,18H,1H3. The fourth-order valence-corrected chi connectivity index (χ4v) is 2.61. The van der Waals surface area contributed by atoms with Crippen LogP contribution in [0.4, 0.5) is 5.69 Å². The van der Waals surface area contributed by atoms with Crippen molar-refractivity contribution in [2.75, 3.05) is 5.32 Å². The van der Waals surface area contributed by atoms with E-state index in [0.29, 0.717) is 5.02 Å². The minimum atomic E-state index is 0.105. The highest BCUT2D eigenvalue weighted by Crippen LogP contribution is 2.33. The molecule has 0 aromatic heterocycles. The molecule has 0 aliphatic heterocycles. The van der Waals surface area contributed by atoms with E-state index in [1.807, 2.05) is 42.5 Å². The molecule has 0 spiro atoms. The molecule has 2 aromatic carbocycles. The van der Waals surface area contributed by atoms with Crippen LogP contribution < -0.4 is 5.32 Å². The minimum absolute atomic E-state index is 0.105. The SMILES string of the molecule is CC(Nc1cccc(Cl)c1Br)c1ccccc1Cl. The molecule has 0 saturated carbocycles. The Morgan fingerprint density at radius 3 is 2.39 bits per heavy atom. The fraction of sp³-hybridized carbons (Fsp3) is 0.143. The molecule has 0 bridgehead atoms. The van der Waals surface area contributed by atoms with Gasteiger partial charge in [-0.15, -0.1) is 0 Å². The van der Waals surface area contributed by atoms with Crippen molar-refractivity contribution in [3.63, 3.8) is 0 Å². The van der Waals surface area contributed by atoms with E-state index in [1.165, 1.54) is 0 Å². The first-order valence-electron chi connectivity index (χ1n) is 5.54. The molecule has 0 amide bonds. The molecule has 2 rings (SSSR count). The van der Waals surface area contributed by atoms with Crippen LogP contribution in [-0.4, -0.2) is 0 Å². The van der Waals surface area contributed by atoms with Gasteiger partial charge in [-0.3, -0.25) is 0 Å². The number of anilines is 1. The van der Waals surface area contributed by atoms with Crippen LogP contribution in [0.3, 0.4) is 0 Å². The predicted molar refractivity (Wildman–Crippen MR) is 82.6 cm³/mol. The Hall–Kier alpha value is -0.700. The summed E-state index contributed by atoms with van der Waals surface area (Å²) in [5.41, 5.74) is 2.01. The zero-order chi connectivity index (χ0) is 13.1. The first-order chi connectivity index (χ1) is 8.59. The summed E-state index contributed by atoms with van der Waals surface area (Å²) in [6, 6.07) is 13.6. The topological polar surface area (TPSA) is 12.0 Å². The van der Waals surface area contributed by atoms with E-state index in [2.05, 4.69) is 28.2 Å². The van der Waals surface area contributed by atoms with Crippen LogP contribution in [0.5, 0.6) is 0 Å². The van der Waals surface area contributed by atoms with E-state index in [0.717, 1.165) is 20.7 Å². The normalized spacial score (nSPS) is 12.2. The highest BCUT2D eigenvalue weighted by Gasteiger charge is 2.11. The molecular formula is C14H12BrCl2N. The van der Waals surface area contributed by atoms with Crippen LogP contribution in [0.1, 0.15) is 18.5 Å². The van der Waals surface area contributed by atoms with Crippen LogP contribution in [0, 0.1) is 0 Å². The second-order valence-electron chi connectivity index (χ2n) is 3.99. The van der Waals surface area contributed by atoms with E-state index >= 15 is 0 Å². The molecule has 0 aliphatic carbocycles. The van der Waals surface area contributed by atoms with Crippen LogP contribution in [0.2, 0.25) is 10.0 Å². The zero-order valence-electron chi connectivity index (χ0n) is 9.75. The van der Waals surface area contributed by atoms with E-state index < -0.39 is 0 Å². The lowest BCUT2D eigenvalue weighted by Gasteiger charge is -2.18. The smallest absolute Gasteiger partial charge is 0.0593 e. The molecule has 0 aliphatic rings. The van der Waals surface area contributed by atoms with Gasteiger partial charge in [-0.1, -0.05) is 47.5 Å². The fourth-order valence-electron chi connectivity index (χ4n) is 1.75. The number of hydrogen-bond donors (Lipinski definition) is 1. The average Bonchev–Trinajstić information content (AvgIpc) is 2.35. The maximum atomic E-state index is 6.18. The Kier molecular flexibility index (Phi) is 4.55. The van der Waals surface area contributed by atoms with Crippen LogP contribution in [0.15, 0.2) is 46.9 Å². The van der Waals surface area contributed by atoms with Crippen LogP contribution >= 0.6 is 39.1 Å². The molecule has 0 saturated heterocycles. The highest BCUT2D eigenvalue weighted by molar-refractivity contribution is 9.10. The third kappa shape index (κ3) is 3.00. The number of rotatable bonds is 3. The lowest BCUT2D eigenvalue weighted by Crippen LogP contribution is -2.07. The summed E-state index contributed by atoms with van der Waals surface area (Å²) in [5, 5.41) is 4.84. The molecule has 0 radical (unpaired) electrons. The summed E-state index contributed by atoms with van der Waals surface area (Å²) < 4.78 is 0.866. The Bertz CT molecular complexity index is 557. The van der Waals surface area contributed by atoms with Crippen molar-refractivity contribution in [1.82, 2.24) is 0 Å². The molecule has 1 N–H and O–H groups in total. The number of benzene rings is 2. The summed E-state index contributed by atoms with van der Waals surface area (Å²) in [6.07, 6.45) is 0. The maximum Gasteiger partial charge on any atom is 0.0593 e. The molecule has 18 heavy (non-hydrogen) atoms. The van der Waals surface area contributed by atoms with Gasteiger partial charge < -0.3 is 5.32 Å². The van der Waals surface area contributed by atoms with Gasteiger partial charge in [0.05, 0.1) is 21.2 Å². The van der Waals surface area contributed by atoms with Crippen molar-refractivity contribution in [2.45, 2.75) is 13.0 Å². The summed E-state index contributed by atoms with van der Waals surface area (Å²) >= 11 is 15.7. The van der Waals surface area contributed by atoms with Gasteiger partial charge in [-0.05, 0) is 46.6 Å². The van der Waals surface area contributed by atoms with Crippen molar-refractivity contribution in [3.8, 4) is 0 Å². The summed E-state index contributed by atoms with van der Waals surface area (Å²) in [5.74, 6) is 0. The second-order valence-corrected chi connectivity index (χ2v) is 5.60. The Balaban J connectivity index is 2.24. The first-order valence-corrected chi connectivity index (χ1v) is 7.09. The molecule has 0 fully saturated rings. The van der Waals surface area contributed by atoms with Crippen molar-refractivity contribution in [3.05, 3.63) is 62.5 Å². The maximum absolute atomic E-state index is 6.18. The van der Waals surface area contributed by atoms with Gasteiger partial charge in [0, 0.05) is 5.02 Å². The first kappa shape index (κ1) is 13.7. The monoisotopic (exact) mass is 343 g/mol. The molecule has 1 nitrogen and oxygen atoms in total. The molecular weight excluding hydrogens is 333 g/mol. The number of nitrogens with one attached hydrogen (secondary N) is 1. The Morgan fingerprint density at radius 2 is 1.67 bits per heavy atom. The van der Waals surface area contributed by atoms with Gasteiger partial charge in [0.1, 0.15) is 0 Å². The van der Waals surface area contributed by atoms with Crippen LogP contribution in [-0.2, 0) is 0 Å². The third-order valence-electron chi connectivity index (χ3n) is 2.70. The van der Waals surface area contributed by atoms with Crippen molar-refractivity contribution in [2.24, 2.45) is 0 Å². The van der Waals surface area contributed by atoms with Crippen molar-refractivity contribution >= 4 is 44.8 Å². The van der Waals surface area contributed by atoms with Gasteiger partial charge in [0.2, 0.25) is 0 Å². The lowest BCUT2D eigenvalue weighted by molar-refractivity contribution is 0.884. The molecule has 2 aromatic rings. The minimum Gasteiger partial charge on any atom is -0.378 e. The lowest BCUT2D eigenvalue weighted by atomic mass is 10.1. The molecule has 4 heteroatoms. The van der Waals surface area contributed by atoms with E-state index in [-0.39, 0.29) is 6.04 Å². The van der Waals surface area contributed by atoms with Crippen molar-refractivity contribution in [1.29, 1.82) is 0 Å². The van der Waals surface area contributed by atoms with E-state index in [9.17, 15) is 0 Å². The molecule has 0 heterocycles. The molecule has 1 unspecified atom stereocenters. The summed E-state index contributed by atoms with van der Waals surface area (Å²) in [6.45, 7) is 2.06. The molecule has 1 atom stereocenters. The molecule has 94 valence electrons. The average molecular weight is 345 g/mol. The predicted octanol–water partition coefficient (Wildman–Crippen LogP) is 5.93. The zero-order valence-corrected chi connectivity index (χ0v) is 12.9. The summed E-state index contributed by atoms with van der Waals surface area (Å²) in [4.78, 5) is 0. The number of halogens is 3. The quantitative estimate of drug-likeness (QED) is 0.727. The summed E-state index contributed by atoms with van der Waals surface area (Å²) in [7, 11) is 0. The third-order valence-corrected chi connectivity index (χ3v) is 4.44.